The van der Waals surface area contributed by atoms with Crippen molar-refractivity contribution in [2.75, 3.05) is 30.0 Å². The molecule has 0 saturated heterocycles. The maximum absolute atomic E-state index is 13.3. The molecule has 0 bridgehead atoms. The average Bonchev–Trinajstić information content (AvgIpc) is 3.09. The summed E-state index contributed by atoms with van der Waals surface area (Å²) in [5.41, 5.74) is 2.26. The van der Waals surface area contributed by atoms with Gasteiger partial charge in [0.05, 0.1) is 35.8 Å². The van der Waals surface area contributed by atoms with Gasteiger partial charge in [-0.15, -0.1) is 0 Å². The first-order valence-electron chi connectivity index (χ1n) is 10.2. The molecule has 0 spiro atoms. The van der Waals surface area contributed by atoms with E-state index in [2.05, 4.69) is 4.98 Å². The topological polar surface area (TPSA) is 119 Å². The number of hydrogen-bond acceptors (Lipinski definition) is 6. The summed E-state index contributed by atoms with van der Waals surface area (Å²) < 4.78 is 57.5. The maximum Gasteiger partial charge on any atom is 0.268 e. The fourth-order valence-electron chi connectivity index (χ4n) is 4.46. The molecule has 34 heavy (non-hydrogen) atoms. The molecular formula is C22H20ClN3O6S2. The number of halogens is 1. The second kappa shape index (κ2) is 7.49. The molecule has 1 aliphatic rings. The van der Waals surface area contributed by atoms with Gasteiger partial charge in [-0.1, -0.05) is 17.7 Å². The van der Waals surface area contributed by atoms with Crippen LogP contribution in [0, 0.1) is 6.92 Å². The van der Waals surface area contributed by atoms with Crippen LogP contribution in [0.15, 0.2) is 41.2 Å². The summed E-state index contributed by atoms with van der Waals surface area (Å²) >= 11 is 6.18. The number of H-pyrrole nitrogens is 1. The number of nitrogens with one attached hydrogen (secondary N) is 1. The number of anilines is 1. The van der Waals surface area contributed by atoms with Crippen LogP contribution in [-0.4, -0.2) is 51.5 Å². The first-order valence-corrected chi connectivity index (χ1v) is 14.3. The van der Waals surface area contributed by atoms with Crippen molar-refractivity contribution in [1.29, 1.82) is 0 Å². The van der Waals surface area contributed by atoms with Gasteiger partial charge in [0.2, 0.25) is 20.0 Å². The minimum Gasteiger partial charge on any atom is -0.489 e. The highest BCUT2D eigenvalue weighted by Gasteiger charge is 2.28. The molecule has 0 saturated carbocycles. The van der Waals surface area contributed by atoms with Crippen LogP contribution >= 0.6 is 11.6 Å². The van der Waals surface area contributed by atoms with Crippen molar-refractivity contribution in [3.63, 3.8) is 0 Å². The highest BCUT2D eigenvalue weighted by atomic mass is 35.5. The molecule has 9 nitrogen and oxygen atoms in total. The van der Waals surface area contributed by atoms with E-state index in [0.717, 1.165) is 16.5 Å². The third kappa shape index (κ3) is 3.46. The summed E-state index contributed by atoms with van der Waals surface area (Å²) in [5, 5.41) is 0.884. The van der Waals surface area contributed by atoms with Crippen LogP contribution in [0.1, 0.15) is 5.56 Å². The SMILES string of the molecule is Cc1c(-c2ccc3c(c2)OCCN3S(C)(=O)=O)c2[nH]c3ccc(Cl)cc3c2n(S(C)(=O)=O)c1=O. The third-order valence-electron chi connectivity index (χ3n) is 5.87. The summed E-state index contributed by atoms with van der Waals surface area (Å²) in [7, 11) is -7.45. The van der Waals surface area contributed by atoms with Crippen LogP contribution in [0.3, 0.4) is 0 Å². The van der Waals surface area contributed by atoms with Crippen LogP contribution in [0.2, 0.25) is 5.02 Å². The van der Waals surface area contributed by atoms with Gasteiger partial charge in [-0.2, -0.15) is 0 Å². The summed E-state index contributed by atoms with van der Waals surface area (Å²) in [4.78, 5) is 16.6. The quantitative estimate of drug-likeness (QED) is 0.442. The summed E-state index contributed by atoms with van der Waals surface area (Å²) in [6.07, 6.45) is 2.10. The second-order valence-corrected chi connectivity index (χ2v) is 12.4. The Hall–Kier alpha value is -3.02. The van der Waals surface area contributed by atoms with Gasteiger partial charge < -0.3 is 9.72 Å². The molecule has 4 aromatic rings. The lowest BCUT2D eigenvalue weighted by molar-refractivity contribution is 0.316. The van der Waals surface area contributed by atoms with Gasteiger partial charge in [-0.3, -0.25) is 9.10 Å². The predicted molar refractivity (Wildman–Crippen MR) is 133 cm³/mol. The molecule has 0 aliphatic carbocycles. The van der Waals surface area contributed by atoms with Crippen molar-refractivity contribution in [3.8, 4) is 16.9 Å². The van der Waals surface area contributed by atoms with Gasteiger partial charge in [0, 0.05) is 27.1 Å². The number of fused-ring (bicyclic) bond motifs is 4. The van der Waals surface area contributed by atoms with Crippen molar-refractivity contribution in [3.05, 3.63) is 57.3 Å². The van der Waals surface area contributed by atoms with Crippen LogP contribution in [0.5, 0.6) is 5.75 Å². The monoisotopic (exact) mass is 521 g/mol. The van der Waals surface area contributed by atoms with Crippen molar-refractivity contribution in [1.82, 2.24) is 8.96 Å². The molecule has 178 valence electrons. The Morgan fingerprint density at radius 1 is 1.03 bits per heavy atom. The third-order valence-corrected chi connectivity index (χ3v) is 8.29. The fraction of sp³-hybridized carbons (Fsp3) is 0.227. The Bertz CT molecular complexity index is 1790. The van der Waals surface area contributed by atoms with Crippen LogP contribution in [0.4, 0.5) is 5.69 Å². The highest BCUT2D eigenvalue weighted by Crippen LogP contribution is 2.40. The highest BCUT2D eigenvalue weighted by molar-refractivity contribution is 7.92. The van der Waals surface area contributed by atoms with Crippen molar-refractivity contribution in [2.45, 2.75) is 6.92 Å². The Kier molecular flexibility index (Phi) is 5.01. The van der Waals surface area contributed by atoms with E-state index in [1.807, 2.05) is 0 Å². The Balaban J connectivity index is 1.89. The smallest absolute Gasteiger partial charge is 0.268 e. The van der Waals surface area contributed by atoms with Crippen molar-refractivity contribution < 1.29 is 21.6 Å². The Morgan fingerprint density at radius 3 is 2.44 bits per heavy atom. The minimum atomic E-state index is -3.95. The number of nitrogens with zero attached hydrogens (tertiary/aromatic N) is 2. The lowest BCUT2D eigenvalue weighted by Crippen LogP contribution is -2.37. The van der Waals surface area contributed by atoms with E-state index in [4.69, 9.17) is 16.3 Å². The summed E-state index contributed by atoms with van der Waals surface area (Å²) in [6.45, 7) is 1.93. The van der Waals surface area contributed by atoms with E-state index in [0.29, 0.717) is 44.0 Å². The van der Waals surface area contributed by atoms with Gasteiger partial charge in [0.1, 0.15) is 12.4 Å². The number of pyridine rings is 1. The molecule has 3 heterocycles. The number of aromatic nitrogens is 2. The number of rotatable bonds is 3. The van der Waals surface area contributed by atoms with Gasteiger partial charge in [-0.25, -0.2) is 20.8 Å². The fourth-order valence-corrected chi connectivity index (χ4v) is 6.51. The van der Waals surface area contributed by atoms with E-state index in [1.54, 1.807) is 43.3 Å². The molecule has 0 fully saturated rings. The van der Waals surface area contributed by atoms with Gasteiger partial charge in [0.15, 0.2) is 0 Å². The van der Waals surface area contributed by atoms with Crippen LogP contribution in [-0.2, 0) is 20.0 Å². The maximum atomic E-state index is 13.3. The largest absolute Gasteiger partial charge is 0.489 e. The zero-order valence-corrected chi connectivity index (χ0v) is 20.8. The van der Waals surface area contributed by atoms with Crippen molar-refractivity contribution >= 4 is 59.3 Å². The second-order valence-electron chi connectivity index (χ2n) is 8.24. The first kappa shape index (κ1) is 22.8. The van der Waals surface area contributed by atoms with Gasteiger partial charge in [0.25, 0.3) is 5.56 Å². The van der Waals surface area contributed by atoms with E-state index < -0.39 is 25.6 Å². The number of benzene rings is 2. The number of sulfonamides is 1. The minimum absolute atomic E-state index is 0.179. The number of aromatic amines is 1. The Labute approximate surface area is 200 Å². The predicted octanol–water partition coefficient (Wildman–Crippen LogP) is 3.08. The van der Waals surface area contributed by atoms with Gasteiger partial charge in [-0.05, 0) is 42.8 Å². The van der Waals surface area contributed by atoms with Gasteiger partial charge >= 0.3 is 0 Å². The van der Waals surface area contributed by atoms with E-state index in [-0.39, 0.29) is 24.2 Å². The number of ether oxygens (including phenoxy) is 1. The molecule has 0 amide bonds. The molecule has 0 atom stereocenters. The Morgan fingerprint density at radius 2 is 1.76 bits per heavy atom. The molecule has 0 radical (unpaired) electrons. The molecular weight excluding hydrogens is 502 g/mol. The first-order chi connectivity index (χ1) is 15.9. The van der Waals surface area contributed by atoms with E-state index >= 15 is 0 Å². The average molecular weight is 522 g/mol. The molecule has 1 N–H and O–H groups in total. The molecule has 0 unspecified atom stereocenters. The van der Waals surface area contributed by atoms with Crippen LogP contribution < -0.4 is 14.6 Å². The lowest BCUT2D eigenvalue weighted by Gasteiger charge is -2.29. The molecule has 1 aliphatic heterocycles. The molecule has 5 rings (SSSR count). The normalized spacial score (nSPS) is 14.4. The number of hydrogen-bond donors (Lipinski definition) is 1. The zero-order chi connectivity index (χ0) is 24.6. The zero-order valence-electron chi connectivity index (χ0n) is 18.4. The standard InChI is InChI=1S/C22H20ClN3O6S2/c1-12-19(13-4-7-17-18(10-13)32-9-8-25(17)33(2,28)29)20-21(26(22(12)27)34(3,30)31)15-11-14(23)5-6-16(15)24-20/h4-7,10-11,24H,8-9H2,1-3H3. The van der Waals surface area contributed by atoms with Crippen molar-refractivity contribution in [2.24, 2.45) is 0 Å². The molecule has 2 aromatic carbocycles. The van der Waals surface area contributed by atoms with E-state index in [1.165, 1.54) is 4.31 Å². The molecule has 2 aromatic heterocycles. The summed E-state index contributed by atoms with van der Waals surface area (Å²) in [5.74, 6) is 0.355. The van der Waals surface area contributed by atoms with Crippen LogP contribution in [0.25, 0.3) is 33.1 Å². The lowest BCUT2D eigenvalue weighted by atomic mass is 9.99. The molecule has 12 heteroatoms. The van der Waals surface area contributed by atoms with E-state index in [9.17, 15) is 21.6 Å². The summed E-state index contributed by atoms with van der Waals surface area (Å²) in [6, 6.07) is 9.97.